The van der Waals surface area contributed by atoms with Crippen molar-refractivity contribution >= 4 is 34.0 Å². The molecule has 0 amide bonds. The highest BCUT2D eigenvalue weighted by Gasteiger charge is 2.56. The van der Waals surface area contributed by atoms with Crippen molar-refractivity contribution in [3.63, 3.8) is 0 Å². The summed E-state index contributed by atoms with van der Waals surface area (Å²) in [5.74, 6) is 2.98. The minimum atomic E-state index is -0.355. The van der Waals surface area contributed by atoms with Crippen molar-refractivity contribution in [3.05, 3.63) is 94.3 Å². The molecule has 9 nitrogen and oxygen atoms in total. The van der Waals surface area contributed by atoms with Crippen LogP contribution in [-0.2, 0) is 13.0 Å². The number of carbonyl (C=O) groups excluding carboxylic acids is 1. The summed E-state index contributed by atoms with van der Waals surface area (Å²) in [7, 11) is 1.50. The first-order valence-corrected chi connectivity index (χ1v) is 17.8. The number of nitrogens with one attached hydrogen (secondary N) is 1. The Morgan fingerprint density at radius 2 is 1.80 bits per heavy atom. The van der Waals surface area contributed by atoms with Gasteiger partial charge in [0.1, 0.15) is 11.6 Å². The molecule has 10 heteroatoms. The summed E-state index contributed by atoms with van der Waals surface area (Å²) in [6.07, 6.45) is 4.34. The highest BCUT2D eigenvalue weighted by Crippen LogP contribution is 2.61. The number of benzene rings is 3. The van der Waals surface area contributed by atoms with Crippen LogP contribution in [0, 0.1) is 29.0 Å². The zero-order chi connectivity index (χ0) is 35.2. The van der Waals surface area contributed by atoms with Crippen LogP contribution in [0.4, 0.5) is 15.8 Å². The second-order valence-corrected chi connectivity index (χ2v) is 14.9. The van der Waals surface area contributed by atoms with Gasteiger partial charge in [-0.1, -0.05) is 26.8 Å². The van der Waals surface area contributed by atoms with E-state index in [2.05, 4.69) is 40.9 Å². The smallest absolute Gasteiger partial charge is 0.261 e. The summed E-state index contributed by atoms with van der Waals surface area (Å²) >= 11 is 0. The Hall–Kier alpha value is -4.73. The van der Waals surface area contributed by atoms with Gasteiger partial charge in [-0.2, -0.15) is 0 Å². The van der Waals surface area contributed by atoms with E-state index < -0.39 is 0 Å². The molecule has 1 saturated heterocycles. The lowest BCUT2D eigenvalue weighted by Crippen LogP contribution is -2.63. The van der Waals surface area contributed by atoms with Crippen LogP contribution in [0.1, 0.15) is 56.5 Å². The third-order valence-corrected chi connectivity index (χ3v) is 11.8. The Labute approximate surface area is 293 Å². The number of Topliss-reactive ketones (excluding diaryl/α,β-unsaturated/α-hetero) is 1. The summed E-state index contributed by atoms with van der Waals surface area (Å²) < 4.78 is 21.2. The fourth-order valence-electron chi connectivity index (χ4n) is 8.38. The highest BCUT2D eigenvalue weighted by molar-refractivity contribution is 5.94. The van der Waals surface area contributed by atoms with Gasteiger partial charge in [-0.15, -0.1) is 0 Å². The molecule has 4 fully saturated rings. The summed E-state index contributed by atoms with van der Waals surface area (Å²) in [5.41, 5.74) is 3.89. The molecule has 3 aliphatic carbocycles. The van der Waals surface area contributed by atoms with Gasteiger partial charge in [-0.3, -0.25) is 14.2 Å². The van der Waals surface area contributed by atoms with Crippen molar-refractivity contribution in [2.24, 2.45) is 28.2 Å². The maximum atomic E-state index is 14.5. The zero-order valence-electron chi connectivity index (χ0n) is 29.7. The normalized spacial score (nSPS) is 23.0. The number of guanidine groups is 1. The third kappa shape index (κ3) is 6.48. The summed E-state index contributed by atoms with van der Waals surface area (Å²) in [4.78, 5) is 39.7. The molecule has 2 heterocycles. The first kappa shape index (κ1) is 33.8. The molecule has 4 atom stereocenters. The van der Waals surface area contributed by atoms with Gasteiger partial charge in [0.2, 0.25) is 0 Å². The number of methoxy groups -OCH3 is 1. The molecule has 1 aromatic heterocycles. The van der Waals surface area contributed by atoms with Crippen molar-refractivity contribution < 1.29 is 13.9 Å². The minimum Gasteiger partial charge on any atom is -0.497 e. The molecule has 50 heavy (non-hydrogen) atoms. The number of aromatic nitrogens is 2. The molecule has 262 valence electrons. The van der Waals surface area contributed by atoms with Gasteiger partial charge in [0, 0.05) is 56.1 Å². The van der Waals surface area contributed by atoms with Crippen LogP contribution in [0.3, 0.4) is 0 Å². The lowest BCUT2D eigenvalue weighted by molar-refractivity contribution is -0.112. The van der Waals surface area contributed by atoms with Gasteiger partial charge < -0.3 is 19.9 Å². The van der Waals surface area contributed by atoms with Gasteiger partial charge in [0.25, 0.3) is 5.56 Å². The second-order valence-electron chi connectivity index (χ2n) is 14.9. The molecule has 1 N–H and O–H groups in total. The molecule has 0 radical (unpaired) electrons. The van der Waals surface area contributed by atoms with E-state index in [1.807, 2.05) is 36.4 Å². The monoisotopic (exact) mass is 678 g/mol. The predicted octanol–water partition coefficient (Wildman–Crippen LogP) is 6.46. The number of aliphatic imine (C=N–C) groups is 1. The Morgan fingerprint density at radius 3 is 2.46 bits per heavy atom. The Kier molecular flexibility index (Phi) is 9.13. The zero-order valence-corrected chi connectivity index (χ0v) is 29.7. The number of carbonyl (C=O) groups is 1. The highest BCUT2D eigenvalue weighted by atomic mass is 19.1. The van der Waals surface area contributed by atoms with Gasteiger partial charge in [-0.05, 0) is 103 Å². The Morgan fingerprint density at radius 1 is 1.04 bits per heavy atom. The number of piperazine rings is 1. The number of nitrogens with zero attached hydrogens (tertiary/aromatic N) is 5. The van der Waals surface area contributed by atoms with Crippen LogP contribution < -0.4 is 20.5 Å². The van der Waals surface area contributed by atoms with E-state index in [4.69, 9.17) is 9.73 Å². The van der Waals surface area contributed by atoms with E-state index >= 15 is 0 Å². The maximum Gasteiger partial charge on any atom is 0.261 e. The number of anilines is 1. The molecule has 1 aliphatic heterocycles. The molecule has 3 saturated carbocycles. The van der Waals surface area contributed by atoms with Gasteiger partial charge in [0.15, 0.2) is 11.7 Å². The molecule has 4 aromatic rings. The molecule has 2 bridgehead atoms. The van der Waals surface area contributed by atoms with Gasteiger partial charge >= 0.3 is 0 Å². The first-order chi connectivity index (χ1) is 24.0. The SMILES string of the molecule is COc1ccc(CCn2cnc3cc(N=C(N[C@H]4C[C@H]5C[C@H]([C@H]4C)C5(C)C)N4CCN(c5ccc(C(C)=O)cc5)CC4)ccc3c2=O)c(F)c1. The number of halogens is 1. The first-order valence-electron chi connectivity index (χ1n) is 17.8. The number of hydrogen-bond acceptors (Lipinski definition) is 6. The number of ketones is 1. The average Bonchev–Trinajstić information content (AvgIpc) is 3.12. The van der Waals surface area contributed by atoms with Crippen LogP contribution >= 0.6 is 0 Å². The Bertz CT molecular complexity index is 1980. The van der Waals surface area contributed by atoms with E-state index in [0.29, 0.717) is 64.4 Å². The molecule has 8 rings (SSSR count). The van der Waals surface area contributed by atoms with Crippen LogP contribution in [0.5, 0.6) is 5.75 Å². The van der Waals surface area contributed by atoms with E-state index in [1.54, 1.807) is 31.5 Å². The Balaban J connectivity index is 1.11. The van der Waals surface area contributed by atoms with Crippen LogP contribution in [0.2, 0.25) is 0 Å². The van der Waals surface area contributed by atoms with E-state index in [1.165, 1.54) is 24.2 Å². The van der Waals surface area contributed by atoms with Crippen LogP contribution in [-0.4, -0.2) is 65.5 Å². The topological polar surface area (TPSA) is 92.1 Å². The molecular weight excluding hydrogens is 631 g/mol. The van der Waals surface area contributed by atoms with Gasteiger partial charge in [0.05, 0.1) is 30.0 Å². The number of aryl methyl sites for hydroxylation is 2. The lowest BCUT2D eigenvalue weighted by atomic mass is 9.45. The largest absolute Gasteiger partial charge is 0.497 e. The van der Waals surface area contributed by atoms with E-state index in [9.17, 15) is 14.0 Å². The fourth-order valence-corrected chi connectivity index (χ4v) is 8.38. The second kappa shape index (κ2) is 13.5. The molecule has 4 aliphatic rings. The van der Waals surface area contributed by atoms with Crippen molar-refractivity contribution in [3.8, 4) is 5.75 Å². The number of rotatable bonds is 8. The number of fused-ring (bicyclic) bond motifs is 3. The fraction of sp³-hybridized carbons (Fsp3) is 0.450. The quantitative estimate of drug-likeness (QED) is 0.130. The third-order valence-electron chi connectivity index (χ3n) is 11.8. The maximum absolute atomic E-state index is 14.5. The molecule has 3 aromatic carbocycles. The molecular formula is C40H47FN6O3. The van der Waals surface area contributed by atoms with Crippen LogP contribution in [0.15, 0.2) is 76.8 Å². The number of hydrogen-bond donors (Lipinski definition) is 1. The summed E-state index contributed by atoms with van der Waals surface area (Å²) in [6.45, 7) is 12.4. The standard InChI is InChI=1S/C40H47FN6O3/c1-25-34-20-29(40(34,3)4)21-36(25)44-39(46-18-16-45(17-19-46)31-10-6-27(7-11-31)26(2)48)43-30-9-13-33-37(22-30)42-24-47(38(33)49)15-14-28-8-12-32(50-5)23-35(28)41/h6-13,22-25,29,34,36H,14-21H2,1-5H3,(H,43,44)/t25-,29-,34-,36+/m1/s1. The van der Waals surface area contributed by atoms with Crippen molar-refractivity contribution in [2.45, 2.75) is 59.5 Å². The van der Waals surface area contributed by atoms with E-state index in [0.717, 1.165) is 55.5 Å². The lowest BCUT2D eigenvalue weighted by Gasteiger charge is -2.62. The summed E-state index contributed by atoms with van der Waals surface area (Å²) in [6, 6.07) is 18.5. The molecule has 0 spiro atoms. The van der Waals surface area contributed by atoms with Crippen LogP contribution in [0.25, 0.3) is 10.9 Å². The van der Waals surface area contributed by atoms with Crippen molar-refractivity contribution in [1.29, 1.82) is 0 Å². The number of ether oxygens (including phenoxy) is 1. The molecule has 0 unspecified atom stereocenters. The minimum absolute atomic E-state index is 0.0715. The van der Waals surface area contributed by atoms with Gasteiger partial charge in [-0.25, -0.2) is 14.4 Å². The summed E-state index contributed by atoms with van der Waals surface area (Å²) in [5, 5.41) is 4.41. The predicted molar refractivity (Wildman–Crippen MR) is 196 cm³/mol. The average molecular weight is 679 g/mol. The van der Waals surface area contributed by atoms with E-state index in [-0.39, 0.29) is 17.2 Å². The van der Waals surface area contributed by atoms with Crippen molar-refractivity contribution in [2.75, 3.05) is 38.2 Å². The van der Waals surface area contributed by atoms with Crippen molar-refractivity contribution in [1.82, 2.24) is 19.8 Å².